The van der Waals surface area contributed by atoms with Crippen molar-refractivity contribution in [2.75, 3.05) is 7.11 Å². The van der Waals surface area contributed by atoms with Crippen LogP contribution in [0.15, 0.2) is 65.7 Å². The largest absolute Gasteiger partial charge is 0.467 e. The van der Waals surface area contributed by atoms with Gasteiger partial charge in [-0.2, -0.15) is 0 Å². The van der Waals surface area contributed by atoms with Crippen LogP contribution in [0.2, 0.25) is 0 Å². The van der Waals surface area contributed by atoms with Gasteiger partial charge < -0.3 is 4.74 Å². The van der Waals surface area contributed by atoms with E-state index in [-0.39, 0.29) is 5.56 Å². The van der Waals surface area contributed by atoms with Crippen molar-refractivity contribution in [1.82, 2.24) is 9.55 Å². The van der Waals surface area contributed by atoms with Gasteiger partial charge in [-0.05, 0) is 17.7 Å². The van der Waals surface area contributed by atoms with Crippen LogP contribution in [0.25, 0.3) is 10.9 Å². The third kappa shape index (κ3) is 2.37. The van der Waals surface area contributed by atoms with Crippen LogP contribution in [0, 0.1) is 0 Å². The van der Waals surface area contributed by atoms with Crippen LogP contribution in [0.4, 0.5) is 0 Å². The first-order valence-corrected chi connectivity index (χ1v) is 6.81. The number of methoxy groups -OCH3 is 1. The smallest absolute Gasteiger partial charge is 0.333 e. The fourth-order valence-electron chi connectivity index (χ4n) is 2.42. The minimum absolute atomic E-state index is 0.273. The summed E-state index contributed by atoms with van der Waals surface area (Å²) in [6, 6.07) is 15.2. The second-order valence-corrected chi connectivity index (χ2v) is 4.81. The van der Waals surface area contributed by atoms with Crippen LogP contribution in [-0.4, -0.2) is 22.6 Å². The van der Waals surface area contributed by atoms with Crippen LogP contribution in [0.3, 0.4) is 0 Å². The van der Waals surface area contributed by atoms with E-state index in [1.165, 1.54) is 18.0 Å². The number of esters is 1. The number of hydrogen-bond donors (Lipinski definition) is 0. The molecule has 1 atom stereocenters. The van der Waals surface area contributed by atoms with Gasteiger partial charge in [0, 0.05) is 0 Å². The predicted octanol–water partition coefficient (Wildman–Crippen LogP) is 2.16. The Morgan fingerprint density at radius 1 is 1.09 bits per heavy atom. The zero-order valence-corrected chi connectivity index (χ0v) is 12.0. The number of carbonyl (C=O) groups is 1. The molecule has 0 aliphatic rings. The van der Waals surface area contributed by atoms with E-state index in [9.17, 15) is 9.59 Å². The molecule has 0 N–H and O–H groups in total. The Balaban J connectivity index is 2.23. The fraction of sp³-hybridized carbons (Fsp3) is 0.118. The first-order chi connectivity index (χ1) is 10.7. The summed E-state index contributed by atoms with van der Waals surface area (Å²) in [5.41, 5.74) is 0.999. The number of fused-ring (bicyclic) bond motifs is 1. The molecular formula is C17H14N2O3. The molecular weight excluding hydrogens is 280 g/mol. The maximum absolute atomic E-state index is 12.7. The Bertz CT molecular complexity index is 872. The number of rotatable bonds is 3. The summed E-state index contributed by atoms with van der Waals surface area (Å²) >= 11 is 0. The molecule has 110 valence electrons. The SMILES string of the molecule is COC(=O)[C@H](c1ccccc1)n1cnc2ccccc2c1=O. The Hall–Kier alpha value is -2.95. The zero-order valence-electron chi connectivity index (χ0n) is 12.0. The first-order valence-electron chi connectivity index (χ1n) is 6.81. The second-order valence-electron chi connectivity index (χ2n) is 4.81. The number of nitrogens with zero attached hydrogens (tertiary/aromatic N) is 2. The number of ether oxygens (including phenoxy) is 1. The van der Waals surface area contributed by atoms with Crippen molar-refractivity contribution < 1.29 is 9.53 Å². The summed E-state index contributed by atoms with van der Waals surface area (Å²) in [7, 11) is 1.30. The van der Waals surface area contributed by atoms with E-state index in [1.54, 1.807) is 30.3 Å². The van der Waals surface area contributed by atoms with E-state index < -0.39 is 12.0 Å². The third-order valence-corrected chi connectivity index (χ3v) is 3.51. The molecule has 0 amide bonds. The lowest BCUT2D eigenvalue weighted by Crippen LogP contribution is -2.31. The average molecular weight is 294 g/mol. The normalized spacial score (nSPS) is 12.0. The lowest BCUT2D eigenvalue weighted by Gasteiger charge is -2.18. The highest BCUT2D eigenvalue weighted by Gasteiger charge is 2.25. The molecule has 0 aliphatic carbocycles. The molecule has 0 saturated heterocycles. The maximum Gasteiger partial charge on any atom is 0.333 e. The molecule has 0 saturated carbocycles. The van der Waals surface area contributed by atoms with Crippen molar-refractivity contribution >= 4 is 16.9 Å². The molecule has 1 aromatic heterocycles. The summed E-state index contributed by atoms with van der Waals surface area (Å²) in [4.78, 5) is 29.1. The average Bonchev–Trinajstić information content (AvgIpc) is 2.58. The van der Waals surface area contributed by atoms with Gasteiger partial charge in [-0.15, -0.1) is 0 Å². The van der Waals surface area contributed by atoms with E-state index >= 15 is 0 Å². The van der Waals surface area contributed by atoms with E-state index in [1.807, 2.05) is 24.3 Å². The number of carbonyl (C=O) groups excluding carboxylic acids is 1. The Morgan fingerprint density at radius 2 is 1.77 bits per heavy atom. The van der Waals surface area contributed by atoms with Gasteiger partial charge in [0.25, 0.3) is 5.56 Å². The standard InChI is InChI=1S/C17H14N2O3/c1-22-17(21)15(12-7-3-2-4-8-12)19-11-18-14-10-6-5-9-13(14)16(19)20/h2-11,15H,1H3/t15-/m0/s1. The van der Waals surface area contributed by atoms with Gasteiger partial charge in [-0.3, -0.25) is 9.36 Å². The van der Waals surface area contributed by atoms with Gasteiger partial charge >= 0.3 is 5.97 Å². The van der Waals surface area contributed by atoms with Crippen molar-refractivity contribution in [2.24, 2.45) is 0 Å². The first kappa shape index (κ1) is 14.0. The van der Waals surface area contributed by atoms with Crippen LogP contribution >= 0.6 is 0 Å². The predicted molar refractivity (Wildman–Crippen MR) is 82.6 cm³/mol. The summed E-state index contributed by atoms with van der Waals surface area (Å²) in [6.45, 7) is 0. The Labute approximate surface area is 126 Å². The van der Waals surface area contributed by atoms with Crippen LogP contribution in [0.1, 0.15) is 11.6 Å². The highest BCUT2D eigenvalue weighted by atomic mass is 16.5. The van der Waals surface area contributed by atoms with Crippen molar-refractivity contribution in [3.63, 3.8) is 0 Å². The lowest BCUT2D eigenvalue weighted by molar-refractivity contribution is -0.143. The van der Waals surface area contributed by atoms with Crippen LogP contribution < -0.4 is 5.56 Å². The van der Waals surface area contributed by atoms with Crippen LogP contribution in [0.5, 0.6) is 0 Å². The van der Waals surface area contributed by atoms with Crippen molar-refractivity contribution in [3.8, 4) is 0 Å². The quantitative estimate of drug-likeness (QED) is 0.694. The van der Waals surface area contributed by atoms with Gasteiger partial charge in [0.15, 0.2) is 6.04 Å². The zero-order chi connectivity index (χ0) is 15.5. The summed E-state index contributed by atoms with van der Waals surface area (Å²) in [6.07, 6.45) is 1.39. The van der Waals surface area contributed by atoms with Gasteiger partial charge in [0.05, 0.1) is 24.3 Å². The highest BCUT2D eigenvalue weighted by Crippen LogP contribution is 2.19. The molecule has 0 spiro atoms. The number of benzene rings is 2. The maximum atomic E-state index is 12.7. The van der Waals surface area contributed by atoms with E-state index in [2.05, 4.69) is 4.98 Å². The topological polar surface area (TPSA) is 61.2 Å². The molecule has 5 heteroatoms. The Morgan fingerprint density at radius 3 is 2.50 bits per heavy atom. The van der Waals surface area contributed by atoms with E-state index in [4.69, 9.17) is 4.74 Å². The van der Waals surface area contributed by atoms with Crippen molar-refractivity contribution in [2.45, 2.75) is 6.04 Å². The molecule has 2 aromatic carbocycles. The molecule has 0 aliphatic heterocycles. The van der Waals surface area contributed by atoms with E-state index in [0.29, 0.717) is 16.5 Å². The second kappa shape index (κ2) is 5.81. The van der Waals surface area contributed by atoms with Gasteiger partial charge in [-0.25, -0.2) is 9.78 Å². The van der Waals surface area contributed by atoms with Gasteiger partial charge in [-0.1, -0.05) is 42.5 Å². The number of hydrogen-bond acceptors (Lipinski definition) is 4. The summed E-state index contributed by atoms with van der Waals surface area (Å²) in [5.74, 6) is -0.509. The minimum atomic E-state index is -0.851. The third-order valence-electron chi connectivity index (χ3n) is 3.51. The number of aromatic nitrogens is 2. The molecule has 22 heavy (non-hydrogen) atoms. The molecule has 1 heterocycles. The molecule has 0 fully saturated rings. The highest BCUT2D eigenvalue weighted by molar-refractivity contribution is 5.80. The Kier molecular flexibility index (Phi) is 3.70. The molecule has 0 bridgehead atoms. The van der Waals surface area contributed by atoms with Gasteiger partial charge in [0.2, 0.25) is 0 Å². The minimum Gasteiger partial charge on any atom is -0.467 e. The number of para-hydroxylation sites is 1. The lowest BCUT2D eigenvalue weighted by atomic mass is 10.1. The molecule has 5 nitrogen and oxygen atoms in total. The fourth-order valence-corrected chi connectivity index (χ4v) is 2.42. The molecule has 0 radical (unpaired) electrons. The monoisotopic (exact) mass is 294 g/mol. The van der Waals surface area contributed by atoms with Crippen LogP contribution in [-0.2, 0) is 9.53 Å². The summed E-state index contributed by atoms with van der Waals surface area (Å²) < 4.78 is 6.17. The van der Waals surface area contributed by atoms with E-state index in [0.717, 1.165) is 0 Å². The van der Waals surface area contributed by atoms with Crippen molar-refractivity contribution in [3.05, 3.63) is 76.8 Å². The molecule has 3 aromatic rings. The molecule has 0 unspecified atom stereocenters. The molecule has 3 rings (SSSR count). The van der Waals surface area contributed by atoms with Gasteiger partial charge in [0.1, 0.15) is 0 Å². The summed E-state index contributed by atoms with van der Waals surface area (Å²) in [5, 5.41) is 0.467. The van der Waals surface area contributed by atoms with Crippen molar-refractivity contribution in [1.29, 1.82) is 0 Å².